The number of hydrogen-bond donors (Lipinski definition) is 3. The van der Waals surface area contributed by atoms with E-state index in [0.29, 0.717) is 6.54 Å². The summed E-state index contributed by atoms with van der Waals surface area (Å²) in [6, 6.07) is 0. The quantitative estimate of drug-likeness (QED) is 0.599. The molecule has 1 fully saturated rings. The molecule has 3 heteroatoms. The molecule has 2 unspecified atom stereocenters. The van der Waals surface area contributed by atoms with Gasteiger partial charge in [-0.05, 0) is 44.7 Å². The highest BCUT2D eigenvalue weighted by Gasteiger charge is 2.31. The lowest BCUT2D eigenvalue weighted by Gasteiger charge is -2.37. The molecule has 0 aromatic carbocycles. The molecule has 0 radical (unpaired) electrons. The maximum Gasteiger partial charge on any atom is 0.0169 e. The van der Waals surface area contributed by atoms with E-state index < -0.39 is 0 Å². The first kappa shape index (κ1) is 11.0. The Labute approximate surface area is 81.0 Å². The van der Waals surface area contributed by atoms with Crippen LogP contribution in [-0.4, -0.2) is 18.6 Å². The molecule has 0 spiro atoms. The highest BCUT2D eigenvalue weighted by Crippen LogP contribution is 2.33. The van der Waals surface area contributed by atoms with E-state index in [4.69, 9.17) is 17.2 Å². The van der Waals surface area contributed by atoms with Gasteiger partial charge in [-0.15, -0.1) is 0 Å². The molecular weight excluding hydrogens is 162 g/mol. The molecule has 1 saturated carbocycles. The van der Waals surface area contributed by atoms with Gasteiger partial charge in [-0.2, -0.15) is 0 Å². The third-order valence-corrected chi connectivity index (χ3v) is 3.20. The molecule has 0 bridgehead atoms. The van der Waals surface area contributed by atoms with Gasteiger partial charge in [0.25, 0.3) is 0 Å². The molecule has 1 aliphatic rings. The van der Waals surface area contributed by atoms with Gasteiger partial charge in [-0.25, -0.2) is 0 Å². The summed E-state index contributed by atoms with van der Waals surface area (Å²) in [4.78, 5) is 0. The lowest BCUT2D eigenvalue weighted by Crippen LogP contribution is -2.46. The van der Waals surface area contributed by atoms with Crippen LogP contribution in [0.2, 0.25) is 0 Å². The van der Waals surface area contributed by atoms with Crippen LogP contribution in [0.25, 0.3) is 0 Å². The van der Waals surface area contributed by atoms with Crippen molar-refractivity contribution >= 4 is 0 Å². The van der Waals surface area contributed by atoms with E-state index in [1.807, 2.05) is 0 Å². The van der Waals surface area contributed by atoms with Crippen molar-refractivity contribution in [1.82, 2.24) is 0 Å². The van der Waals surface area contributed by atoms with Gasteiger partial charge in [0, 0.05) is 5.54 Å². The van der Waals surface area contributed by atoms with Gasteiger partial charge in [0.05, 0.1) is 0 Å². The van der Waals surface area contributed by atoms with Crippen LogP contribution >= 0.6 is 0 Å². The van der Waals surface area contributed by atoms with E-state index in [1.54, 1.807) is 0 Å². The predicted octanol–water partition coefficient (Wildman–Crippen LogP) is 0.572. The molecule has 0 aliphatic heterocycles. The van der Waals surface area contributed by atoms with Gasteiger partial charge >= 0.3 is 0 Å². The van der Waals surface area contributed by atoms with Crippen LogP contribution in [0.4, 0.5) is 0 Å². The summed E-state index contributed by atoms with van der Waals surface area (Å²) in [5, 5.41) is 0. The monoisotopic (exact) mass is 185 g/mol. The normalized spacial score (nSPS) is 34.8. The SMILES string of the molecule is NCCC1CCCC(N)(CCN)C1. The molecule has 0 aromatic rings. The zero-order valence-electron chi connectivity index (χ0n) is 8.47. The largest absolute Gasteiger partial charge is 0.330 e. The van der Waals surface area contributed by atoms with Gasteiger partial charge in [0.15, 0.2) is 0 Å². The van der Waals surface area contributed by atoms with Gasteiger partial charge in [-0.3, -0.25) is 0 Å². The van der Waals surface area contributed by atoms with Crippen molar-refractivity contribution in [3.63, 3.8) is 0 Å². The van der Waals surface area contributed by atoms with Crippen LogP contribution in [0.15, 0.2) is 0 Å². The molecule has 1 rings (SSSR count). The van der Waals surface area contributed by atoms with Crippen LogP contribution in [0.1, 0.15) is 38.5 Å². The molecule has 0 amide bonds. The van der Waals surface area contributed by atoms with Crippen LogP contribution in [-0.2, 0) is 0 Å². The van der Waals surface area contributed by atoms with Gasteiger partial charge < -0.3 is 17.2 Å². The van der Waals surface area contributed by atoms with Crippen molar-refractivity contribution in [2.45, 2.75) is 44.1 Å². The fourth-order valence-electron chi connectivity index (χ4n) is 2.52. The van der Waals surface area contributed by atoms with Crippen molar-refractivity contribution in [3.8, 4) is 0 Å². The first-order valence-corrected chi connectivity index (χ1v) is 5.39. The fourth-order valence-corrected chi connectivity index (χ4v) is 2.52. The predicted molar refractivity (Wildman–Crippen MR) is 56.2 cm³/mol. The topological polar surface area (TPSA) is 78.1 Å². The maximum atomic E-state index is 6.27. The summed E-state index contributed by atoms with van der Waals surface area (Å²) in [5.74, 6) is 0.746. The van der Waals surface area contributed by atoms with Gasteiger partial charge in [0.2, 0.25) is 0 Å². The highest BCUT2D eigenvalue weighted by atomic mass is 14.8. The Hall–Kier alpha value is -0.120. The average molecular weight is 185 g/mol. The molecule has 2 atom stereocenters. The molecule has 6 N–H and O–H groups in total. The molecule has 3 nitrogen and oxygen atoms in total. The molecule has 1 aliphatic carbocycles. The Balaban J connectivity index is 2.39. The van der Waals surface area contributed by atoms with Gasteiger partial charge in [0.1, 0.15) is 0 Å². The molecule has 78 valence electrons. The van der Waals surface area contributed by atoms with Crippen LogP contribution in [0.5, 0.6) is 0 Å². The fraction of sp³-hybridized carbons (Fsp3) is 1.00. The summed E-state index contributed by atoms with van der Waals surface area (Å²) in [5.41, 5.74) is 17.4. The van der Waals surface area contributed by atoms with Crippen molar-refractivity contribution in [2.75, 3.05) is 13.1 Å². The smallest absolute Gasteiger partial charge is 0.0169 e. The Kier molecular flexibility index (Phi) is 4.16. The molecule has 0 saturated heterocycles. The number of nitrogens with two attached hydrogens (primary N) is 3. The third-order valence-electron chi connectivity index (χ3n) is 3.20. The van der Waals surface area contributed by atoms with Gasteiger partial charge in [-0.1, -0.05) is 12.8 Å². The number of hydrogen-bond acceptors (Lipinski definition) is 3. The second kappa shape index (κ2) is 4.94. The maximum absolute atomic E-state index is 6.27. The first-order valence-electron chi connectivity index (χ1n) is 5.39. The van der Waals surface area contributed by atoms with Crippen LogP contribution < -0.4 is 17.2 Å². The Morgan fingerprint density at radius 2 is 2.00 bits per heavy atom. The van der Waals surface area contributed by atoms with Crippen LogP contribution in [0, 0.1) is 5.92 Å². The lowest BCUT2D eigenvalue weighted by molar-refractivity contribution is 0.208. The Morgan fingerprint density at radius 1 is 1.23 bits per heavy atom. The molecule has 13 heavy (non-hydrogen) atoms. The van der Waals surface area contributed by atoms with E-state index in [0.717, 1.165) is 38.1 Å². The second-order valence-corrected chi connectivity index (χ2v) is 4.44. The summed E-state index contributed by atoms with van der Waals surface area (Å²) in [7, 11) is 0. The van der Waals surface area contributed by atoms with Crippen molar-refractivity contribution in [1.29, 1.82) is 0 Å². The molecule has 0 aromatic heterocycles. The minimum Gasteiger partial charge on any atom is -0.330 e. The Morgan fingerprint density at radius 3 is 2.62 bits per heavy atom. The minimum absolute atomic E-state index is 0.0207. The standard InChI is InChI=1S/C10H23N3/c11-6-3-9-2-1-4-10(13,8-9)5-7-12/h9H,1-8,11-13H2. The summed E-state index contributed by atoms with van der Waals surface area (Å²) in [6.07, 6.45) is 6.92. The number of rotatable bonds is 4. The van der Waals surface area contributed by atoms with Crippen molar-refractivity contribution in [2.24, 2.45) is 23.1 Å². The first-order chi connectivity index (χ1) is 6.20. The molecule has 0 heterocycles. The average Bonchev–Trinajstić information content (AvgIpc) is 2.04. The van der Waals surface area contributed by atoms with E-state index in [1.165, 1.54) is 12.8 Å². The third kappa shape index (κ3) is 3.25. The summed E-state index contributed by atoms with van der Waals surface area (Å²) >= 11 is 0. The van der Waals surface area contributed by atoms with Crippen LogP contribution in [0.3, 0.4) is 0 Å². The van der Waals surface area contributed by atoms with E-state index in [-0.39, 0.29) is 5.54 Å². The zero-order valence-corrected chi connectivity index (χ0v) is 8.47. The van der Waals surface area contributed by atoms with Crippen molar-refractivity contribution in [3.05, 3.63) is 0 Å². The van der Waals surface area contributed by atoms with E-state index in [2.05, 4.69) is 0 Å². The zero-order chi connectivity index (χ0) is 9.73. The Bertz CT molecular complexity index is 143. The molecular formula is C10H23N3. The van der Waals surface area contributed by atoms with E-state index >= 15 is 0 Å². The van der Waals surface area contributed by atoms with E-state index in [9.17, 15) is 0 Å². The lowest BCUT2D eigenvalue weighted by atomic mass is 9.73. The summed E-state index contributed by atoms with van der Waals surface area (Å²) in [6.45, 7) is 1.51. The summed E-state index contributed by atoms with van der Waals surface area (Å²) < 4.78 is 0. The minimum atomic E-state index is 0.0207. The highest BCUT2D eigenvalue weighted by molar-refractivity contribution is 4.90. The van der Waals surface area contributed by atoms with Crippen molar-refractivity contribution < 1.29 is 0 Å². The second-order valence-electron chi connectivity index (χ2n) is 4.44.